The van der Waals surface area contributed by atoms with Gasteiger partial charge in [-0.05, 0) is 12.1 Å². The van der Waals surface area contributed by atoms with Gasteiger partial charge in [-0.2, -0.15) is 13.2 Å². The van der Waals surface area contributed by atoms with E-state index in [0.717, 1.165) is 0 Å². The second kappa shape index (κ2) is 6.69. The number of anilines is 2. The minimum absolute atomic E-state index is 0.224. The molecule has 0 spiro atoms. The molecular weight excluding hydrogens is 337 g/mol. The third kappa shape index (κ3) is 4.22. The summed E-state index contributed by atoms with van der Waals surface area (Å²) in [5.74, 6) is 0.847. The Morgan fingerprint density at radius 2 is 1.91 bits per heavy atom. The Bertz CT molecular complexity index is 705. The highest BCUT2D eigenvalue weighted by molar-refractivity contribution is 7.15. The summed E-state index contributed by atoms with van der Waals surface area (Å²) >= 11 is 0.224. The SMILES string of the molecule is COc1ccc(NC(=O)Nc2nnc(C(F)(F)F)s2)c(OC)c1. The molecule has 0 aliphatic heterocycles. The largest absolute Gasteiger partial charge is 0.497 e. The summed E-state index contributed by atoms with van der Waals surface area (Å²) in [5, 5.41) is 9.41. The summed E-state index contributed by atoms with van der Waals surface area (Å²) in [5.41, 5.74) is 0.311. The first-order valence-corrected chi connectivity index (χ1v) is 6.86. The molecule has 7 nitrogen and oxygen atoms in total. The number of rotatable bonds is 4. The van der Waals surface area contributed by atoms with Crippen LogP contribution in [0, 0.1) is 0 Å². The van der Waals surface area contributed by atoms with E-state index in [1.54, 1.807) is 12.1 Å². The van der Waals surface area contributed by atoms with E-state index in [2.05, 4.69) is 20.8 Å². The third-order valence-corrected chi connectivity index (χ3v) is 3.43. The molecule has 0 saturated carbocycles. The molecule has 1 aromatic heterocycles. The molecule has 2 aromatic rings. The number of nitrogens with zero attached hydrogens (tertiary/aromatic N) is 2. The van der Waals surface area contributed by atoms with Crippen molar-refractivity contribution in [2.45, 2.75) is 6.18 Å². The van der Waals surface area contributed by atoms with Gasteiger partial charge < -0.3 is 14.8 Å². The van der Waals surface area contributed by atoms with Gasteiger partial charge >= 0.3 is 12.2 Å². The number of halogens is 3. The van der Waals surface area contributed by atoms with Crippen molar-refractivity contribution in [3.05, 3.63) is 23.2 Å². The molecule has 1 aromatic carbocycles. The second-order valence-corrected chi connectivity index (χ2v) is 5.03. The van der Waals surface area contributed by atoms with Crippen molar-refractivity contribution in [1.29, 1.82) is 0 Å². The Morgan fingerprint density at radius 3 is 2.48 bits per heavy atom. The third-order valence-electron chi connectivity index (χ3n) is 2.54. The fourth-order valence-corrected chi connectivity index (χ4v) is 2.15. The zero-order valence-corrected chi connectivity index (χ0v) is 12.7. The van der Waals surface area contributed by atoms with Crippen molar-refractivity contribution in [2.24, 2.45) is 0 Å². The quantitative estimate of drug-likeness (QED) is 0.886. The van der Waals surface area contributed by atoms with Crippen LogP contribution in [0.4, 0.5) is 28.8 Å². The average molecular weight is 348 g/mol. The number of methoxy groups -OCH3 is 2. The monoisotopic (exact) mass is 348 g/mol. The Balaban J connectivity index is 2.06. The fourth-order valence-electron chi connectivity index (χ4n) is 1.54. The number of amides is 2. The van der Waals surface area contributed by atoms with E-state index >= 15 is 0 Å². The maximum Gasteiger partial charge on any atom is 0.445 e. The standard InChI is InChI=1S/C12H11F3N4O3S/c1-21-6-3-4-7(8(5-6)22-2)16-10(20)17-11-19-18-9(23-11)12(13,14)15/h3-5H,1-2H3,(H2,16,17,19,20). The van der Waals surface area contributed by atoms with E-state index < -0.39 is 17.2 Å². The summed E-state index contributed by atoms with van der Waals surface area (Å²) in [7, 11) is 2.88. The lowest BCUT2D eigenvalue weighted by molar-refractivity contribution is -0.138. The molecule has 0 fully saturated rings. The van der Waals surface area contributed by atoms with Gasteiger partial charge in [0.15, 0.2) is 0 Å². The highest BCUT2D eigenvalue weighted by Gasteiger charge is 2.35. The van der Waals surface area contributed by atoms with Gasteiger partial charge in [0.2, 0.25) is 10.1 Å². The molecule has 0 atom stereocenters. The van der Waals surface area contributed by atoms with Crippen LogP contribution in [0.2, 0.25) is 0 Å². The van der Waals surface area contributed by atoms with Gasteiger partial charge in [-0.3, -0.25) is 5.32 Å². The Hall–Kier alpha value is -2.56. The number of alkyl halides is 3. The molecule has 2 N–H and O–H groups in total. The number of nitrogens with one attached hydrogen (secondary N) is 2. The summed E-state index contributed by atoms with van der Waals surface area (Å²) in [6.07, 6.45) is -4.60. The van der Waals surface area contributed by atoms with Gasteiger partial charge in [0.1, 0.15) is 11.5 Å². The molecule has 2 amide bonds. The molecule has 0 unspecified atom stereocenters. The average Bonchev–Trinajstić information content (AvgIpc) is 2.96. The molecular formula is C12H11F3N4O3S. The first kappa shape index (κ1) is 16.8. The number of aromatic nitrogens is 2. The van der Waals surface area contributed by atoms with Crippen LogP contribution in [0.3, 0.4) is 0 Å². The Labute approximate surface area is 132 Å². The predicted molar refractivity (Wildman–Crippen MR) is 77.1 cm³/mol. The molecule has 124 valence electrons. The topological polar surface area (TPSA) is 85.4 Å². The van der Waals surface area contributed by atoms with E-state index in [1.165, 1.54) is 20.3 Å². The lowest BCUT2D eigenvalue weighted by atomic mass is 10.2. The van der Waals surface area contributed by atoms with Crippen molar-refractivity contribution in [2.75, 3.05) is 24.9 Å². The van der Waals surface area contributed by atoms with Crippen LogP contribution >= 0.6 is 11.3 Å². The van der Waals surface area contributed by atoms with Crippen LogP contribution < -0.4 is 20.1 Å². The molecule has 1 heterocycles. The van der Waals surface area contributed by atoms with Crippen LogP contribution in [0.25, 0.3) is 0 Å². The van der Waals surface area contributed by atoms with E-state index in [-0.39, 0.29) is 16.5 Å². The van der Waals surface area contributed by atoms with Gasteiger partial charge in [0.25, 0.3) is 0 Å². The van der Waals surface area contributed by atoms with Gasteiger partial charge in [-0.1, -0.05) is 11.3 Å². The van der Waals surface area contributed by atoms with Gasteiger partial charge in [0.05, 0.1) is 19.9 Å². The summed E-state index contributed by atoms with van der Waals surface area (Å²) < 4.78 is 47.3. The van der Waals surface area contributed by atoms with Crippen LogP contribution in [0.15, 0.2) is 18.2 Å². The summed E-state index contributed by atoms with van der Waals surface area (Å²) in [4.78, 5) is 11.8. The molecule has 2 rings (SSSR count). The first-order chi connectivity index (χ1) is 10.8. The van der Waals surface area contributed by atoms with Crippen molar-refractivity contribution in [3.63, 3.8) is 0 Å². The number of hydrogen-bond acceptors (Lipinski definition) is 6. The van der Waals surface area contributed by atoms with Gasteiger partial charge in [-0.15, -0.1) is 10.2 Å². The lowest BCUT2D eigenvalue weighted by Gasteiger charge is -2.11. The minimum atomic E-state index is -4.60. The fraction of sp³-hybridized carbons (Fsp3) is 0.250. The van der Waals surface area contributed by atoms with Crippen LogP contribution in [-0.4, -0.2) is 30.4 Å². The molecule has 0 saturated heterocycles. The van der Waals surface area contributed by atoms with E-state index in [0.29, 0.717) is 17.2 Å². The number of hydrogen-bond donors (Lipinski definition) is 2. The number of urea groups is 1. The van der Waals surface area contributed by atoms with Crippen LogP contribution in [0.1, 0.15) is 5.01 Å². The molecule has 0 radical (unpaired) electrons. The number of ether oxygens (including phenoxy) is 2. The van der Waals surface area contributed by atoms with Gasteiger partial charge in [-0.25, -0.2) is 4.79 Å². The molecule has 0 aliphatic rings. The van der Waals surface area contributed by atoms with E-state index in [4.69, 9.17) is 9.47 Å². The highest BCUT2D eigenvalue weighted by atomic mass is 32.1. The van der Waals surface area contributed by atoms with Crippen molar-refractivity contribution < 1.29 is 27.4 Å². The van der Waals surface area contributed by atoms with Crippen molar-refractivity contribution >= 4 is 28.2 Å². The Morgan fingerprint density at radius 1 is 1.17 bits per heavy atom. The van der Waals surface area contributed by atoms with Crippen molar-refractivity contribution in [3.8, 4) is 11.5 Å². The van der Waals surface area contributed by atoms with E-state index in [1.807, 2.05) is 0 Å². The highest BCUT2D eigenvalue weighted by Crippen LogP contribution is 2.33. The number of carbonyl (C=O) groups excluding carboxylic acids is 1. The first-order valence-electron chi connectivity index (χ1n) is 6.04. The number of benzene rings is 1. The zero-order valence-electron chi connectivity index (χ0n) is 11.9. The number of carbonyl (C=O) groups is 1. The van der Waals surface area contributed by atoms with Gasteiger partial charge in [0, 0.05) is 6.07 Å². The zero-order chi connectivity index (χ0) is 17.0. The minimum Gasteiger partial charge on any atom is -0.497 e. The smallest absolute Gasteiger partial charge is 0.445 e. The molecule has 11 heteroatoms. The summed E-state index contributed by atoms with van der Waals surface area (Å²) in [6.45, 7) is 0. The maximum absolute atomic E-state index is 12.4. The molecule has 0 bridgehead atoms. The molecule has 23 heavy (non-hydrogen) atoms. The van der Waals surface area contributed by atoms with E-state index in [9.17, 15) is 18.0 Å². The van der Waals surface area contributed by atoms with Crippen LogP contribution in [0.5, 0.6) is 11.5 Å². The molecule has 0 aliphatic carbocycles. The summed E-state index contributed by atoms with van der Waals surface area (Å²) in [6, 6.07) is 3.88. The maximum atomic E-state index is 12.4. The predicted octanol–water partition coefficient (Wildman–Crippen LogP) is 3.22. The van der Waals surface area contributed by atoms with Crippen molar-refractivity contribution in [1.82, 2.24) is 10.2 Å². The Kier molecular flexibility index (Phi) is 4.89. The normalized spacial score (nSPS) is 11.0. The second-order valence-electron chi connectivity index (χ2n) is 4.06. The lowest BCUT2D eigenvalue weighted by Crippen LogP contribution is -2.19. The van der Waals surface area contributed by atoms with Crippen LogP contribution in [-0.2, 0) is 6.18 Å².